The van der Waals surface area contributed by atoms with Gasteiger partial charge in [-0.15, -0.1) is 0 Å². The van der Waals surface area contributed by atoms with Crippen molar-refractivity contribution in [3.8, 4) is 0 Å². The van der Waals surface area contributed by atoms with Gasteiger partial charge in [-0.1, -0.05) is 12.8 Å². The van der Waals surface area contributed by atoms with Crippen molar-refractivity contribution in [2.24, 2.45) is 5.92 Å². The van der Waals surface area contributed by atoms with Gasteiger partial charge in [0.2, 0.25) is 5.91 Å². The monoisotopic (exact) mass is 169 g/mol. The Balaban J connectivity index is 1.63. The molecule has 3 nitrogen and oxygen atoms in total. The molecule has 0 aromatic heterocycles. The summed E-state index contributed by atoms with van der Waals surface area (Å²) in [7, 11) is 0. The van der Waals surface area contributed by atoms with E-state index in [1.165, 1.54) is 12.8 Å². The molecule has 2 fully saturated rings. The molecule has 3 heteroatoms. The van der Waals surface area contributed by atoms with Crippen LogP contribution in [0.1, 0.15) is 38.5 Å². The number of hydrogen-bond acceptors (Lipinski definition) is 2. The Morgan fingerprint density at radius 2 is 1.83 bits per heavy atom. The van der Waals surface area contributed by atoms with Crippen LogP contribution < -0.4 is 5.48 Å². The van der Waals surface area contributed by atoms with Gasteiger partial charge in [0.1, 0.15) is 0 Å². The SMILES string of the molecule is O=C(NOC1CCCC1)C1CC1. The van der Waals surface area contributed by atoms with E-state index < -0.39 is 0 Å². The van der Waals surface area contributed by atoms with Crippen molar-refractivity contribution < 1.29 is 9.63 Å². The molecule has 0 spiro atoms. The van der Waals surface area contributed by atoms with E-state index in [2.05, 4.69) is 5.48 Å². The highest BCUT2D eigenvalue weighted by atomic mass is 16.7. The molecule has 2 rings (SSSR count). The molecule has 2 aliphatic rings. The molecule has 0 unspecified atom stereocenters. The van der Waals surface area contributed by atoms with Crippen LogP contribution in [0.3, 0.4) is 0 Å². The quantitative estimate of drug-likeness (QED) is 0.648. The van der Waals surface area contributed by atoms with Gasteiger partial charge in [0, 0.05) is 5.92 Å². The van der Waals surface area contributed by atoms with Crippen molar-refractivity contribution >= 4 is 5.91 Å². The zero-order valence-corrected chi connectivity index (χ0v) is 7.21. The smallest absolute Gasteiger partial charge is 0.246 e. The molecule has 2 aliphatic carbocycles. The normalized spacial score (nSPS) is 24.3. The van der Waals surface area contributed by atoms with Crippen molar-refractivity contribution in [1.29, 1.82) is 0 Å². The molecule has 0 aromatic carbocycles. The van der Waals surface area contributed by atoms with Crippen molar-refractivity contribution in [2.45, 2.75) is 44.6 Å². The Kier molecular flexibility index (Phi) is 2.30. The second kappa shape index (κ2) is 3.44. The van der Waals surface area contributed by atoms with Gasteiger partial charge >= 0.3 is 0 Å². The summed E-state index contributed by atoms with van der Waals surface area (Å²) in [5.74, 6) is 0.341. The molecule has 0 bridgehead atoms. The highest BCUT2D eigenvalue weighted by Crippen LogP contribution is 2.29. The molecule has 0 saturated heterocycles. The molecule has 1 N–H and O–H groups in total. The summed E-state index contributed by atoms with van der Waals surface area (Å²) in [6, 6.07) is 0. The summed E-state index contributed by atoms with van der Waals surface area (Å²) in [5, 5.41) is 0. The molecule has 12 heavy (non-hydrogen) atoms. The summed E-state index contributed by atoms with van der Waals surface area (Å²) in [6.07, 6.45) is 7.05. The van der Waals surface area contributed by atoms with Crippen LogP contribution in [0.25, 0.3) is 0 Å². The number of carbonyl (C=O) groups is 1. The average molecular weight is 169 g/mol. The second-order valence-electron chi connectivity index (χ2n) is 3.76. The van der Waals surface area contributed by atoms with Crippen LogP contribution in [0.2, 0.25) is 0 Å². The fraction of sp³-hybridized carbons (Fsp3) is 0.889. The molecule has 0 heterocycles. The first kappa shape index (κ1) is 8.05. The Morgan fingerprint density at radius 1 is 1.17 bits per heavy atom. The molecule has 2 saturated carbocycles. The third-order valence-electron chi connectivity index (χ3n) is 2.58. The van der Waals surface area contributed by atoms with E-state index in [0.717, 1.165) is 25.7 Å². The number of amides is 1. The van der Waals surface area contributed by atoms with Gasteiger partial charge in [0.25, 0.3) is 0 Å². The Hall–Kier alpha value is -0.570. The maximum atomic E-state index is 11.1. The van der Waals surface area contributed by atoms with Gasteiger partial charge in [-0.25, -0.2) is 5.48 Å². The minimum Gasteiger partial charge on any atom is -0.273 e. The third-order valence-corrected chi connectivity index (χ3v) is 2.58. The first-order valence-electron chi connectivity index (χ1n) is 4.82. The van der Waals surface area contributed by atoms with E-state index in [-0.39, 0.29) is 17.9 Å². The molecule has 1 amide bonds. The third kappa shape index (κ3) is 1.97. The van der Waals surface area contributed by atoms with Crippen LogP contribution in [0.5, 0.6) is 0 Å². The van der Waals surface area contributed by atoms with Crippen LogP contribution in [-0.4, -0.2) is 12.0 Å². The fourth-order valence-electron chi connectivity index (χ4n) is 1.58. The predicted molar refractivity (Wildman–Crippen MR) is 44.2 cm³/mol. The lowest BCUT2D eigenvalue weighted by atomic mass is 10.3. The van der Waals surface area contributed by atoms with E-state index in [9.17, 15) is 4.79 Å². The lowest BCUT2D eigenvalue weighted by molar-refractivity contribution is -0.139. The molecule has 68 valence electrons. The minimum atomic E-state index is 0.0851. The van der Waals surface area contributed by atoms with Crippen LogP contribution >= 0.6 is 0 Å². The van der Waals surface area contributed by atoms with E-state index in [1.54, 1.807) is 0 Å². The highest BCUT2D eigenvalue weighted by molar-refractivity contribution is 5.79. The van der Waals surface area contributed by atoms with Crippen LogP contribution in [0.15, 0.2) is 0 Å². The van der Waals surface area contributed by atoms with Gasteiger partial charge in [0.15, 0.2) is 0 Å². The topological polar surface area (TPSA) is 38.3 Å². The molecular weight excluding hydrogens is 154 g/mol. The largest absolute Gasteiger partial charge is 0.273 e. The highest BCUT2D eigenvalue weighted by Gasteiger charge is 2.30. The molecule has 0 aliphatic heterocycles. The van der Waals surface area contributed by atoms with Gasteiger partial charge in [-0.3, -0.25) is 9.63 Å². The lowest BCUT2D eigenvalue weighted by Crippen LogP contribution is -2.29. The fourth-order valence-corrected chi connectivity index (χ4v) is 1.58. The predicted octanol–water partition coefficient (Wildman–Crippen LogP) is 1.39. The zero-order valence-electron chi connectivity index (χ0n) is 7.21. The molecular formula is C9H15NO2. The van der Waals surface area contributed by atoms with Crippen molar-refractivity contribution in [3.05, 3.63) is 0 Å². The number of nitrogens with one attached hydrogen (secondary N) is 1. The van der Waals surface area contributed by atoms with Crippen molar-refractivity contribution in [1.82, 2.24) is 5.48 Å². The lowest BCUT2D eigenvalue weighted by Gasteiger charge is -2.10. The van der Waals surface area contributed by atoms with Crippen molar-refractivity contribution in [3.63, 3.8) is 0 Å². The van der Waals surface area contributed by atoms with E-state index in [1.807, 2.05) is 0 Å². The number of carbonyl (C=O) groups excluding carboxylic acids is 1. The molecule has 0 atom stereocenters. The number of hydroxylamine groups is 1. The second-order valence-corrected chi connectivity index (χ2v) is 3.76. The first-order valence-corrected chi connectivity index (χ1v) is 4.82. The average Bonchev–Trinajstić information content (AvgIpc) is 2.80. The van der Waals surface area contributed by atoms with E-state index in [4.69, 9.17) is 4.84 Å². The van der Waals surface area contributed by atoms with Crippen molar-refractivity contribution in [2.75, 3.05) is 0 Å². The molecule has 0 aromatic rings. The van der Waals surface area contributed by atoms with Crippen LogP contribution in [-0.2, 0) is 9.63 Å². The van der Waals surface area contributed by atoms with Crippen LogP contribution in [0, 0.1) is 5.92 Å². The Bertz CT molecular complexity index is 171. The van der Waals surface area contributed by atoms with E-state index >= 15 is 0 Å². The Labute approximate surface area is 72.4 Å². The number of rotatable bonds is 3. The molecule has 0 radical (unpaired) electrons. The van der Waals surface area contributed by atoms with Gasteiger partial charge in [-0.2, -0.15) is 0 Å². The summed E-state index contributed by atoms with van der Waals surface area (Å²) >= 11 is 0. The maximum Gasteiger partial charge on any atom is 0.246 e. The standard InChI is InChI=1S/C9H15NO2/c11-9(7-5-6-7)10-12-8-3-1-2-4-8/h7-8H,1-6H2,(H,10,11). The van der Waals surface area contributed by atoms with Crippen LogP contribution in [0.4, 0.5) is 0 Å². The van der Waals surface area contributed by atoms with Gasteiger partial charge in [-0.05, 0) is 25.7 Å². The first-order chi connectivity index (χ1) is 5.86. The maximum absolute atomic E-state index is 11.1. The summed E-state index contributed by atoms with van der Waals surface area (Å²) < 4.78 is 0. The van der Waals surface area contributed by atoms with Gasteiger partial charge < -0.3 is 0 Å². The minimum absolute atomic E-state index is 0.0851. The number of hydrogen-bond donors (Lipinski definition) is 1. The summed E-state index contributed by atoms with van der Waals surface area (Å²) in [6.45, 7) is 0. The zero-order chi connectivity index (χ0) is 8.39. The van der Waals surface area contributed by atoms with Gasteiger partial charge in [0.05, 0.1) is 6.10 Å². The summed E-state index contributed by atoms with van der Waals surface area (Å²) in [5.41, 5.74) is 2.55. The van der Waals surface area contributed by atoms with E-state index in [0.29, 0.717) is 0 Å². The summed E-state index contributed by atoms with van der Waals surface area (Å²) in [4.78, 5) is 16.4. The Morgan fingerprint density at radius 3 is 2.42 bits per heavy atom.